The van der Waals surface area contributed by atoms with E-state index in [-0.39, 0.29) is 32.5 Å². The molecule has 56 heavy (non-hydrogen) atoms. The molecule has 0 spiro atoms. The molecule has 0 fully saturated rings. The Morgan fingerprint density at radius 2 is 0.554 bits per heavy atom. The lowest BCUT2D eigenvalue weighted by Crippen LogP contribution is -2.30. The summed E-state index contributed by atoms with van der Waals surface area (Å²) in [6, 6.07) is 28.8. The SMILES string of the molecule is Cc1ccc(-c2c(-c3ccc(C)cc3)c(=Pc3c(C(C)(C)C)cc(C(C)(C)C)cc3C(C)(C)C)c2=Pc2c(C(C)(C)C)cc(C(C)(C)C)cc2C(C)(C)C)cc1. The molecule has 0 aromatic heterocycles. The molecular formula is C54H72P2. The Morgan fingerprint density at radius 1 is 0.321 bits per heavy atom. The fourth-order valence-electron chi connectivity index (χ4n) is 7.52. The largest absolute Gasteiger partial charge is 0.0587 e. The van der Waals surface area contributed by atoms with Crippen LogP contribution in [0.5, 0.6) is 0 Å². The molecule has 298 valence electrons. The number of benzene rings is 4. The van der Waals surface area contributed by atoms with Crippen molar-refractivity contribution >= 4 is 27.0 Å². The third-order valence-corrected chi connectivity index (χ3v) is 14.2. The van der Waals surface area contributed by atoms with Crippen LogP contribution >= 0.6 is 16.4 Å². The van der Waals surface area contributed by atoms with E-state index in [0.29, 0.717) is 0 Å². The van der Waals surface area contributed by atoms with E-state index in [1.807, 2.05) is 0 Å². The summed E-state index contributed by atoms with van der Waals surface area (Å²) < 4.78 is 0. The zero-order valence-corrected chi connectivity index (χ0v) is 40.6. The van der Waals surface area contributed by atoms with E-state index in [4.69, 9.17) is 0 Å². The minimum Gasteiger partial charge on any atom is -0.0587 e. The minimum absolute atomic E-state index is 0.0269. The van der Waals surface area contributed by atoms with Gasteiger partial charge in [-0.25, -0.2) is 0 Å². The average molecular weight is 783 g/mol. The standard InChI is InChI=1S/C54H72P2/c1-33-21-25-35(26-22-33)43-44(36-27-23-34(2)24-28-36)48(56-46-41(53(15,16)17)31-38(50(6,7)8)32-42(46)54(18,19)20)47(43)55-45-39(51(9,10)11)29-37(49(3,4)5)30-40(45)52(12,13)14/h21-32H,1-20H3. The minimum atomic E-state index is -0.0269. The molecule has 0 saturated carbocycles. The molecule has 0 atom stereocenters. The Morgan fingerprint density at radius 3 is 0.750 bits per heavy atom. The summed E-state index contributed by atoms with van der Waals surface area (Å²) in [7, 11) is 2.57. The number of hydrogen-bond acceptors (Lipinski definition) is 0. The second kappa shape index (κ2) is 15.0. The summed E-state index contributed by atoms with van der Waals surface area (Å²) in [6.07, 6.45) is 0. The van der Waals surface area contributed by atoms with E-state index >= 15 is 0 Å². The van der Waals surface area contributed by atoms with Gasteiger partial charge in [0.25, 0.3) is 0 Å². The summed E-state index contributed by atoms with van der Waals surface area (Å²) in [5.41, 5.74) is 16.7. The first-order chi connectivity index (χ1) is 25.4. The summed E-state index contributed by atoms with van der Waals surface area (Å²) in [6.45, 7) is 47.5. The first kappa shape index (κ1) is 44.1. The monoisotopic (exact) mass is 783 g/mol. The molecule has 0 heterocycles. The van der Waals surface area contributed by atoms with Gasteiger partial charge in [0.1, 0.15) is 0 Å². The molecule has 5 aromatic rings. The molecule has 0 bridgehead atoms. The topological polar surface area (TPSA) is 0 Å². The molecule has 0 unspecified atom stereocenters. The molecule has 5 rings (SSSR count). The highest BCUT2D eigenvalue weighted by molar-refractivity contribution is 7.42. The zero-order valence-electron chi connectivity index (χ0n) is 38.8. The van der Waals surface area contributed by atoms with Gasteiger partial charge in [-0.15, -0.1) is 0 Å². The predicted molar refractivity (Wildman–Crippen MR) is 254 cm³/mol. The average Bonchev–Trinajstić information content (AvgIpc) is 3.03. The molecule has 0 N–H and O–H groups in total. The van der Waals surface area contributed by atoms with E-state index in [1.54, 1.807) is 0 Å². The van der Waals surface area contributed by atoms with Gasteiger partial charge in [0.15, 0.2) is 0 Å². The Balaban J connectivity index is 2.13. The number of aryl methyl sites for hydroxylation is 2. The van der Waals surface area contributed by atoms with Crippen LogP contribution in [0.15, 0.2) is 72.8 Å². The third-order valence-electron chi connectivity index (χ3n) is 11.3. The summed E-state index contributed by atoms with van der Waals surface area (Å²) in [4.78, 5) is 2.93. The molecule has 0 radical (unpaired) electrons. The second-order valence-corrected chi connectivity index (χ2v) is 25.0. The highest BCUT2D eigenvalue weighted by atomic mass is 31.1. The maximum absolute atomic E-state index is 2.55. The van der Waals surface area contributed by atoms with Gasteiger partial charge in [0.2, 0.25) is 0 Å². The summed E-state index contributed by atoms with van der Waals surface area (Å²) >= 11 is 0. The number of rotatable bonds is 4. The van der Waals surface area contributed by atoms with Gasteiger partial charge in [-0.1, -0.05) is 225 Å². The van der Waals surface area contributed by atoms with Crippen LogP contribution in [0.3, 0.4) is 0 Å². The van der Waals surface area contributed by atoms with Crippen molar-refractivity contribution < 1.29 is 0 Å². The molecule has 0 nitrogen and oxygen atoms in total. The van der Waals surface area contributed by atoms with Crippen molar-refractivity contribution in [3.8, 4) is 22.3 Å². The van der Waals surface area contributed by atoms with Crippen molar-refractivity contribution in [3.05, 3.63) is 127 Å². The van der Waals surface area contributed by atoms with Gasteiger partial charge in [-0.3, -0.25) is 0 Å². The zero-order chi connectivity index (χ0) is 42.1. The van der Waals surface area contributed by atoms with Gasteiger partial charge >= 0.3 is 0 Å². The Kier molecular flexibility index (Phi) is 11.8. The van der Waals surface area contributed by atoms with Gasteiger partial charge < -0.3 is 0 Å². The first-order valence-corrected chi connectivity index (χ1v) is 22.6. The Bertz CT molecular complexity index is 2090. The molecular weight excluding hydrogens is 711 g/mol. The molecule has 5 aromatic carbocycles. The van der Waals surface area contributed by atoms with Crippen LogP contribution in [0.25, 0.3) is 22.3 Å². The van der Waals surface area contributed by atoms with Crippen molar-refractivity contribution in [1.82, 2.24) is 0 Å². The fraction of sp³-hybridized carbons (Fsp3) is 0.481. The van der Waals surface area contributed by atoms with Crippen LogP contribution in [-0.2, 0) is 32.5 Å². The van der Waals surface area contributed by atoms with E-state index < -0.39 is 0 Å². The van der Waals surface area contributed by atoms with Crippen molar-refractivity contribution in [3.63, 3.8) is 0 Å². The van der Waals surface area contributed by atoms with Gasteiger partial charge in [-0.05, 0) is 90.8 Å². The lowest BCUT2D eigenvalue weighted by atomic mass is 9.75. The number of hydrogen-bond donors (Lipinski definition) is 0. The van der Waals surface area contributed by atoms with E-state index in [1.165, 1.54) is 104 Å². The summed E-state index contributed by atoms with van der Waals surface area (Å²) in [5, 5.41) is 2.95. The Labute approximate surface area is 345 Å². The van der Waals surface area contributed by atoms with Crippen molar-refractivity contribution in [1.29, 1.82) is 0 Å². The lowest BCUT2D eigenvalue weighted by Gasteiger charge is -2.33. The molecule has 0 aliphatic rings. The third kappa shape index (κ3) is 9.30. The first-order valence-electron chi connectivity index (χ1n) is 20.8. The quantitative estimate of drug-likeness (QED) is 0.159. The fourth-order valence-corrected chi connectivity index (χ4v) is 11.5. The molecule has 0 aliphatic heterocycles. The van der Waals surface area contributed by atoms with Gasteiger partial charge in [-0.2, -0.15) is 0 Å². The van der Waals surface area contributed by atoms with Crippen LogP contribution in [0.4, 0.5) is 0 Å². The van der Waals surface area contributed by atoms with Gasteiger partial charge in [0.05, 0.1) is 0 Å². The highest BCUT2D eigenvalue weighted by Crippen LogP contribution is 2.47. The molecule has 2 heteroatoms. The molecule has 0 amide bonds. The highest BCUT2D eigenvalue weighted by Gasteiger charge is 2.32. The molecule has 0 aliphatic carbocycles. The van der Waals surface area contributed by atoms with E-state index in [0.717, 1.165) is 0 Å². The van der Waals surface area contributed by atoms with Crippen molar-refractivity contribution in [2.45, 2.75) is 171 Å². The van der Waals surface area contributed by atoms with Crippen molar-refractivity contribution in [2.24, 2.45) is 0 Å². The molecule has 0 saturated heterocycles. The van der Waals surface area contributed by atoms with Crippen LogP contribution in [-0.4, -0.2) is 0 Å². The summed E-state index contributed by atoms with van der Waals surface area (Å²) in [5.74, 6) is 0. The van der Waals surface area contributed by atoms with E-state index in [9.17, 15) is 0 Å². The Hall–Kier alpha value is -3.04. The van der Waals surface area contributed by atoms with E-state index in [2.05, 4.69) is 211 Å². The second-order valence-electron chi connectivity index (χ2n) is 22.7. The van der Waals surface area contributed by atoms with Crippen LogP contribution in [0.1, 0.15) is 169 Å². The smallest absolute Gasteiger partial charge is 0.0234 e. The van der Waals surface area contributed by atoms with Gasteiger partial charge in [0, 0.05) is 31.6 Å². The maximum Gasteiger partial charge on any atom is 0.0234 e. The normalized spacial score (nSPS) is 14.3. The predicted octanol–water partition coefficient (Wildman–Crippen LogP) is 15.9. The van der Waals surface area contributed by atoms with Crippen LogP contribution in [0.2, 0.25) is 0 Å². The van der Waals surface area contributed by atoms with Crippen LogP contribution in [0, 0.1) is 23.7 Å². The maximum atomic E-state index is 2.55. The lowest BCUT2D eigenvalue weighted by molar-refractivity contribution is 0.553. The van der Waals surface area contributed by atoms with Crippen molar-refractivity contribution in [2.75, 3.05) is 0 Å². The van der Waals surface area contributed by atoms with Crippen LogP contribution < -0.4 is 10.6 Å².